The van der Waals surface area contributed by atoms with Crippen LogP contribution in [0.3, 0.4) is 0 Å². The fraction of sp³-hybridized carbons (Fsp3) is 0.407. The highest BCUT2D eigenvalue weighted by atomic mass is 19.1. The minimum absolute atomic E-state index is 0.0317. The zero-order chi connectivity index (χ0) is 24.7. The number of nitrogens with zero attached hydrogens (tertiary/aromatic N) is 3. The number of ether oxygens (including phenoxy) is 1. The van der Waals surface area contributed by atoms with E-state index in [9.17, 15) is 13.6 Å². The van der Waals surface area contributed by atoms with E-state index in [1.165, 1.54) is 12.1 Å². The lowest BCUT2D eigenvalue weighted by atomic mass is 9.68. The number of carbonyl (C=O) groups is 1. The van der Waals surface area contributed by atoms with E-state index in [4.69, 9.17) is 4.74 Å². The summed E-state index contributed by atoms with van der Waals surface area (Å²) < 4.78 is 35.4. The maximum Gasteiger partial charge on any atom is 0.231 e. The van der Waals surface area contributed by atoms with E-state index in [0.717, 1.165) is 35.9 Å². The van der Waals surface area contributed by atoms with Gasteiger partial charge >= 0.3 is 0 Å². The molecule has 3 heterocycles. The Kier molecular flexibility index (Phi) is 6.09. The molecule has 1 amide bonds. The lowest BCUT2D eigenvalue weighted by Crippen LogP contribution is -2.52. The van der Waals surface area contributed by atoms with Crippen molar-refractivity contribution in [1.82, 2.24) is 19.8 Å². The Morgan fingerprint density at radius 1 is 1.20 bits per heavy atom. The van der Waals surface area contributed by atoms with Crippen molar-refractivity contribution < 1.29 is 18.3 Å². The molecule has 2 unspecified atom stereocenters. The second kappa shape index (κ2) is 9.07. The number of aromatic nitrogens is 2. The average molecular weight is 481 g/mol. The summed E-state index contributed by atoms with van der Waals surface area (Å²) in [5.74, 6) is -0.560. The number of benzene rings is 2. The highest BCUT2D eigenvalue weighted by Crippen LogP contribution is 2.48. The highest BCUT2D eigenvalue weighted by molar-refractivity contribution is 5.86. The summed E-state index contributed by atoms with van der Waals surface area (Å²) in [4.78, 5) is 20.1. The van der Waals surface area contributed by atoms with Crippen LogP contribution in [0, 0.1) is 24.0 Å². The van der Waals surface area contributed by atoms with Gasteiger partial charge in [-0.25, -0.2) is 13.8 Å². The van der Waals surface area contributed by atoms with Crippen molar-refractivity contribution in [2.75, 3.05) is 26.7 Å². The molecule has 6 nitrogen and oxygen atoms in total. The Balaban J connectivity index is 1.47. The van der Waals surface area contributed by atoms with Crippen LogP contribution in [0.1, 0.15) is 48.5 Å². The van der Waals surface area contributed by atoms with Gasteiger partial charge in [-0.05, 0) is 62.1 Å². The van der Waals surface area contributed by atoms with Crippen molar-refractivity contribution in [2.24, 2.45) is 5.41 Å². The number of halogens is 2. The summed E-state index contributed by atoms with van der Waals surface area (Å²) in [6.07, 6.45) is 5.28. The summed E-state index contributed by atoms with van der Waals surface area (Å²) in [7, 11) is 1.64. The molecule has 8 heteroatoms. The predicted molar refractivity (Wildman–Crippen MR) is 129 cm³/mol. The van der Waals surface area contributed by atoms with Crippen molar-refractivity contribution in [1.29, 1.82) is 0 Å². The number of aryl methyl sites for hydroxylation is 1. The van der Waals surface area contributed by atoms with Gasteiger partial charge in [0, 0.05) is 37.8 Å². The third-order valence-electron chi connectivity index (χ3n) is 7.60. The van der Waals surface area contributed by atoms with Crippen molar-refractivity contribution in [3.8, 4) is 11.4 Å². The third kappa shape index (κ3) is 4.10. The number of nitrogens with one attached hydrogen (secondary N) is 1. The van der Waals surface area contributed by atoms with Gasteiger partial charge in [-0.15, -0.1) is 0 Å². The molecular weight excluding hydrogens is 450 g/mol. The number of rotatable bonds is 5. The minimum Gasteiger partial charge on any atom is -0.495 e. The standard InChI is InChI=1S/C27H30F2N4O2/c1-17-14-32(16-31-17)24-6-5-19(11-25(24)35-3)23-13-30-15-27(23)7-4-8-33(26(27)34)18(2)20-9-21(28)12-22(29)10-20/h5-6,9-12,14,16,18,23,30H,4,7-8,13,15H2,1-3H3/t18-,23?,27?/m0/s1. The third-order valence-corrected chi connectivity index (χ3v) is 7.60. The van der Waals surface area contributed by atoms with E-state index in [2.05, 4.69) is 16.4 Å². The van der Waals surface area contributed by atoms with Gasteiger partial charge in [0.05, 0.1) is 36.3 Å². The summed E-state index contributed by atoms with van der Waals surface area (Å²) >= 11 is 0. The van der Waals surface area contributed by atoms with Gasteiger partial charge in [0.1, 0.15) is 17.4 Å². The van der Waals surface area contributed by atoms with Crippen LogP contribution >= 0.6 is 0 Å². The number of piperidine rings is 1. The normalized spacial score (nSPS) is 23.2. The van der Waals surface area contributed by atoms with Crippen molar-refractivity contribution >= 4 is 5.91 Å². The molecule has 0 radical (unpaired) electrons. The van der Waals surface area contributed by atoms with E-state index >= 15 is 0 Å². The molecule has 0 saturated carbocycles. The van der Waals surface area contributed by atoms with Gasteiger partial charge in [0.25, 0.3) is 0 Å². The van der Waals surface area contributed by atoms with Crippen LogP contribution in [0.15, 0.2) is 48.9 Å². The summed E-state index contributed by atoms with van der Waals surface area (Å²) in [6.45, 7) is 5.59. The number of hydrogen-bond acceptors (Lipinski definition) is 4. The van der Waals surface area contributed by atoms with E-state index in [0.29, 0.717) is 30.9 Å². The monoisotopic (exact) mass is 480 g/mol. The molecule has 3 atom stereocenters. The molecule has 3 aromatic rings. The molecule has 1 aromatic heterocycles. The molecule has 0 bridgehead atoms. The van der Waals surface area contributed by atoms with Crippen LogP contribution < -0.4 is 10.1 Å². The minimum atomic E-state index is -0.633. The van der Waals surface area contributed by atoms with Gasteiger partial charge in [-0.3, -0.25) is 4.79 Å². The van der Waals surface area contributed by atoms with Crippen LogP contribution in [-0.4, -0.2) is 47.1 Å². The van der Waals surface area contributed by atoms with Gasteiger partial charge in [0.2, 0.25) is 5.91 Å². The Morgan fingerprint density at radius 2 is 1.97 bits per heavy atom. The van der Waals surface area contributed by atoms with Crippen molar-refractivity contribution in [2.45, 2.75) is 38.6 Å². The molecule has 5 rings (SSSR count). The molecule has 2 saturated heterocycles. The molecule has 1 spiro atoms. The van der Waals surface area contributed by atoms with Crippen LogP contribution in [-0.2, 0) is 4.79 Å². The topological polar surface area (TPSA) is 59.4 Å². The van der Waals surface area contributed by atoms with E-state index < -0.39 is 23.1 Å². The molecule has 184 valence electrons. The van der Waals surface area contributed by atoms with Gasteiger partial charge in [0.15, 0.2) is 0 Å². The Hall–Kier alpha value is -3.26. The highest BCUT2D eigenvalue weighted by Gasteiger charge is 2.53. The SMILES string of the molecule is COc1cc(C2CNCC23CCCN([C@@H](C)c2cc(F)cc(F)c2)C3=O)ccc1-n1cnc(C)c1. The van der Waals surface area contributed by atoms with Crippen LogP contribution in [0.4, 0.5) is 8.78 Å². The number of imidazole rings is 1. The molecule has 2 aliphatic heterocycles. The molecule has 2 aromatic carbocycles. The Bertz CT molecular complexity index is 1240. The van der Waals surface area contributed by atoms with Gasteiger partial charge in [-0.1, -0.05) is 6.07 Å². The number of carbonyl (C=O) groups excluding carboxylic acids is 1. The largest absolute Gasteiger partial charge is 0.495 e. The second-order valence-corrected chi connectivity index (χ2v) is 9.67. The Labute approximate surface area is 203 Å². The van der Waals surface area contributed by atoms with E-state index in [1.807, 2.05) is 36.7 Å². The van der Waals surface area contributed by atoms with Crippen LogP contribution in [0.5, 0.6) is 5.75 Å². The molecule has 2 aliphatic rings. The number of methoxy groups -OCH3 is 1. The van der Waals surface area contributed by atoms with Crippen LogP contribution in [0.2, 0.25) is 0 Å². The summed E-state index contributed by atoms with van der Waals surface area (Å²) in [5, 5.41) is 3.44. The quantitative estimate of drug-likeness (QED) is 0.583. The van der Waals surface area contributed by atoms with Crippen molar-refractivity contribution in [3.63, 3.8) is 0 Å². The predicted octanol–water partition coefficient (Wildman–Crippen LogP) is 4.52. The molecule has 35 heavy (non-hydrogen) atoms. The second-order valence-electron chi connectivity index (χ2n) is 9.67. The first-order valence-electron chi connectivity index (χ1n) is 12.0. The first kappa shape index (κ1) is 23.5. The Morgan fingerprint density at radius 3 is 2.66 bits per heavy atom. The molecule has 0 aliphatic carbocycles. The van der Waals surface area contributed by atoms with Crippen molar-refractivity contribution in [3.05, 3.63) is 77.4 Å². The number of amides is 1. The lowest BCUT2D eigenvalue weighted by Gasteiger charge is -2.45. The first-order valence-corrected chi connectivity index (χ1v) is 12.0. The smallest absolute Gasteiger partial charge is 0.231 e. The zero-order valence-corrected chi connectivity index (χ0v) is 20.2. The fourth-order valence-electron chi connectivity index (χ4n) is 5.78. The van der Waals surface area contributed by atoms with E-state index in [-0.39, 0.29) is 11.8 Å². The molecule has 1 N–H and O–H groups in total. The molecule has 2 fully saturated rings. The maximum absolute atomic E-state index is 14.0. The van der Waals surface area contributed by atoms with Gasteiger partial charge in [-0.2, -0.15) is 0 Å². The lowest BCUT2D eigenvalue weighted by molar-refractivity contribution is -0.148. The fourth-order valence-corrected chi connectivity index (χ4v) is 5.78. The van der Waals surface area contributed by atoms with E-state index in [1.54, 1.807) is 18.3 Å². The number of hydrogen-bond donors (Lipinski definition) is 1. The molecular formula is C27H30F2N4O2. The summed E-state index contributed by atoms with van der Waals surface area (Å²) in [5.41, 5.74) is 2.69. The van der Waals surface area contributed by atoms with Gasteiger partial charge < -0.3 is 19.5 Å². The first-order chi connectivity index (χ1) is 16.8. The number of likely N-dealkylation sites (tertiary alicyclic amines) is 1. The average Bonchev–Trinajstić information content (AvgIpc) is 3.46. The maximum atomic E-state index is 14.0. The summed E-state index contributed by atoms with van der Waals surface area (Å²) in [6, 6.07) is 9.14. The van der Waals surface area contributed by atoms with Crippen LogP contribution in [0.25, 0.3) is 5.69 Å². The zero-order valence-electron chi connectivity index (χ0n) is 20.2.